The molecule has 6 unspecified atom stereocenters. The Morgan fingerprint density at radius 2 is 1.46 bits per heavy atom. The number of benzene rings is 5. The number of carbonyl (C=O) groups excluding carboxylic acids is 4. The number of carbonyl (C=O) groups is 4. The maximum Gasteiger partial charge on any atom is 0.513 e. The highest BCUT2D eigenvalue weighted by molar-refractivity contribution is 6.32. The van der Waals surface area contributed by atoms with Gasteiger partial charge in [0.2, 0.25) is 11.8 Å². The van der Waals surface area contributed by atoms with E-state index in [4.69, 9.17) is 35.3 Å². The number of nitrogens with zero attached hydrogens (tertiary/aromatic N) is 5. The fraction of sp³-hybridized carbons (Fsp3) is 0.424. The molecule has 2 saturated heterocycles. The fourth-order valence-corrected chi connectivity index (χ4v) is 12.3. The molecule has 0 N–H and O–H groups in total. The minimum atomic E-state index is -1.04. The van der Waals surface area contributed by atoms with Crippen LogP contribution in [-0.2, 0) is 56.6 Å². The third-order valence-electron chi connectivity index (χ3n) is 15.9. The third-order valence-corrected chi connectivity index (χ3v) is 16.2. The molecule has 3 amide bonds. The van der Waals surface area contributed by atoms with Crippen LogP contribution >= 0.6 is 11.6 Å². The normalized spacial score (nSPS) is 20.2. The van der Waals surface area contributed by atoms with Crippen molar-refractivity contribution in [3.8, 4) is 23.0 Å². The summed E-state index contributed by atoms with van der Waals surface area (Å²) in [6, 6.07) is 25.7. The first-order valence-corrected chi connectivity index (χ1v) is 27.4. The van der Waals surface area contributed by atoms with Gasteiger partial charge in [0, 0.05) is 36.5 Å². The number of hydrogen-bond donors (Lipinski definition) is 0. The molecule has 2 aliphatic heterocycles. The molecule has 2 heterocycles. The average molecular weight is 1150 g/mol. The van der Waals surface area contributed by atoms with E-state index in [9.17, 15) is 38.6 Å². The standard InChI is InChI=1S/C59H62ClF2N5O15/c1-36-26-40(18-23-50(36)76-3)32-64(44-19-20-44)55(68)37(2)54-59(30-39-16-14-38(15-17-39)10-7-25-77-53-49(62)22-21-48(61)52(53)60)31-43(29-51(59)65(54)57(70)81-46-12-4-8-41(27-46)33-79-66(72)73)56(69)63-24-6-11-45(63)35-78-58(71)82-47-13-5-9-42(28-47)34-80-67(74)75/h4-5,8-9,12-18,21-23,26-28,37,43-45,51,54H,6-7,10-11,19-20,24-25,29-35H2,1-3H3. The summed E-state index contributed by atoms with van der Waals surface area (Å²) < 4.78 is 56.6. The topological polar surface area (TPSA) is 229 Å². The SMILES string of the molecule is COc1ccc(CN(C(=O)C(C)C2N(C(=O)Oc3cccc(CO[N+](=O)[O-])c3)C3CC(C(=O)N4CCCC4COC(=O)Oc4cccc(CO[N+](=O)[O-])c4)CC32Cc2ccc(CCCOc3c(F)ccc(F)c3Cl)cc2)C2CC2)cc1C. The number of ether oxygens (including phenoxy) is 5. The van der Waals surface area contributed by atoms with Crippen molar-refractivity contribution in [2.24, 2.45) is 17.3 Å². The van der Waals surface area contributed by atoms with Crippen LogP contribution in [0.5, 0.6) is 23.0 Å². The number of likely N-dealkylation sites (tertiary alicyclic amines) is 2. The summed E-state index contributed by atoms with van der Waals surface area (Å²) in [6.07, 6.45) is 2.71. The number of hydrogen-bond acceptors (Lipinski definition) is 15. The highest BCUT2D eigenvalue weighted by atomic mass is 35.5. The predicted octanol–water partition coefficient (Wildman–Crippen LogP) is 10.6. The van der Waals surface area contributed by atoms with Crippen molar-refractivity contribution in [2.75, 3.05) is 26.9 Å². The predicted molar refractivity (Wildman–Crippen MR) is 290 cm³/mol. The van der Waals surface area contributed by atoms with Gasteiger partial charge in [-0.3, -0.25) is 14.5 Å². The Balaban J connectivity index is 0.995. The lowest BCUT2D eigenvalue weighted by Crippen LogP contribution is -2.75. The molecule has 20 nitrogen and oxygen atoms in total. The van der Waals surface area contributed by atoms with Crippen LogP contribution in [0, 0.1) is 56.0 Å². The Bertz CT molecular complexity index is 3190. The first-order chi connectivity index (χ1) is 39.4. The first-order valence-electron chi connectivity index (χ1n) is 27.1. The fourth-order valence-electron chi connectivity index (χ4n) is 12.1. The molecule has 82 heavy (non-hydrogen) atoms. The molecule has 0 bridgehead atoms. The molecule has 0 aromatic heterocycles. The summed E-state index contributed by atoms with van der Waals surface area (Å²) in [5, 5.41) is 19.5. The van der Waals surface area contributed by atoms with Gasteiger partial charge >= 0.3 is 12.2 Å². The smallest absolute Gasteiger partial charge is 0.496 e. The van der Waals surface area contributed by atoms with Gasteiger partial charge in [-0.2, -0.15) is 0 Å². The van der Waals surface area contributed by atoms with Gasteiger partial charge < -0.3 is 43.2 Å². The lowest BCUT2D eigenvalue weighted by atomic mass is 9.59. The number of fused-ring (bicyclic) bond motifs is 1. The molecule has 5 aromatic carbocycles. The van der Waals surface area contributed by atoms with Crippen LogP contribution in [0.2, 0.25) is 5.02 Å². The molecule has 9 rings (SSSR count). The van der Waals surface area contributed by atoms with Gasteiger partial charge in [-0.05, 0) is 141 Å². The van der Waals surface area contributed by atoms with Crippen molar-refractivity contribution in [1.82, 2.24) is 14.7 Å². The van der Waals surface area contributed by atoms with Gasteiger partial charge in [0.15, 0.2) is 11.6 Å². The highest BCUT2D eigenvalue weighted by Crippen LogP contribution is 2.61. The molecule has 4 aliphatic rings. The molecule has 0 spiro atoms. The molecular formula is C59H62ClF2N5O15. The highest BCUT2D eigenvalue weighted by Gasteiger charge is 2.70. The van der Waals surface area contributed by atoms with E-state index in [1.807, 2.05) is 61.2 Å². The molecule has 4 fully saturated rings. The van der Waals surface area contributed by atoms with Gasteiger partial charge in [-0.25, -0.2) is 18.4 Å². The van der Waals surface area contributed by atoms with Crippen LogP contribution < -0.4 is 18.9 Å². The summed E-state index contributed by atoms with van der Waals surface area (Å²) in [5.74, 6) is -2.93. The van der Waals surface area contributed by atoms with Crippen LogP contribution in [0.25, 0.3) is 0 Å². The number of rotatable bonds is 24. The Labute approximate surface area is 476 Å². The van der Waals surface area contributed by atoms with Crippen LogP contribution in [0.4, 0.5) is 18.4 Å². The maximum atomic E-state index is 15.4. The molecule has 5 aromatic rings. The third kappa shape index (κ3) is 13.6. The zero-order valence-corrected chi connectivity index (χ0v) is 46.1. The molecule has 434 valence electrons. The van der Waals surface area contributed by atoms with Crippen LogP contribution in [0.3, 0.4) is 0 Å². The monoisotopic (exact) mass is 1150 g/mol. The van der Waals surface area contributed by atoms with E-state index in [-0.39, 0.29) is 67.8 Å². The second-order valence-electron chi connectivity index (χ2n) is 21.3. The van der Waals surface area contributed by atoms with Crippen molar-refractivity contribution in [2.45, 2.75) is 116 Å². The number of halogens is 3. The molecule has 2 aliphatic carbocycles. The van der Waals surface area contributed by atoms with Crippen molar-refractivity contribution < 1.29 is 71.5 Å². The van der Waals surface area contributed by atoms with E-state index in [1.165, 1.54) is 30.3 Å². The maximum absolute atomic E-state index is 15.4. The molecular weight excluding hydrogens is 1090 g/mol. The average Bonchev–Trinajstić information content (AvgIpc) is 1.85. The van der Waals surface area contributed by atoms with E-state index in [0.717, 1.165) is 47.2 Å². The van der Waals surface area contributed by atoms with E-state index in [0.29, 0.717) is 62.1 Å². The van der Waals surface area contributed by atoms with Gasteiger partial charge in [0.05, 0.1) is 31.7 Å². The molecule has 2 saturated carbocycles. The molecule has 6 atom stereocenters. The zero-order valence-electron chi connectivity index (χ0n) is 45.4. The molecule has 23 heteroatoms. The molecule has 0 radical (unpaired) electrons. The Morgan fingerprint density at radius 3 is 2.11 bits per heavy atom. The van der Waals surface area contributed by atoms with Crippen molar-refractivity contribution in [3.05, 3.63) is 173 Å². The Hall–Kier alpha value is -8.27. The van der Waals surface area contributed by atoms with E-state index < -0.39 is 81.1 Å². The minimum Gasteiger partial charge on any atom is -0.496 e. The van der Waals surface area contributed by atoms with Gasteiger partial charge in [-0.15, -0.1) is 20.2 Å². The summed E-state index contributed by atoms with van der Waals surface area (Å²) in [7, 11) is 1.60. The van der Waals surface area contributed by atoms with Gasteiger partial charge in [-0.1, -0.05) is 79.2 Å². The van der Waals surface area contributed by atoms with Crippen LogP contribution in [0.15, 0.2) is 103 Å². The van der Waals surface area contributed by atoms with Gasteiger partial charge in [0.1, 0.15) is 47.9 Å². The van der Waals surface area contributed by atoms with E-state index in [1.54, 1.807) is 35.1 Å². The second-order valence-corrected chi connectivity index (χ2v) is 21.7. The summed E-state index contributed by atoms with van der Waals surface area (Å²) in [6.45, 7) is 3.55. The van der Waals surface area contributed by atoms with Crippen molar-refractivity contribution in [3.63, 3.8) is 0 Å². The number of amides is 3. The van der Waals surface area contributed by atoms with E-state index in [2.05, 4.69) is 9.68 Å². The Kier molecular flexibility index (Phi) is 18.3. The lowest BCUT2D eigenvalue weighted by Gasteiger charge is -2.62. The summed E-state index contributed by atoms with van der Waals surface area (Å²) >= 11 is 5.98. The van der Waals surface area contributed by atoms with Crippen molar-refractivity contribution >= 4 is 35.7 Å². The first kappa shape index (κ1) is 58.4. The quantitative estimate of drug-likeness (QED) is 0.0140. The number of methoxy groups -OCH3 is 1. The zero-order chi connectivity index (χ0) is 58.2. The second kappa shape index (κ2) is 25.7. The summed E-state index contributed by atoms with van der Waals surface area (Å²) in [4.78, 5) is 94.5. The van der Waals surface area contributed by atoms with Gasteiger partial charge in [0.25, 0.3) is 10.2 Å². The minimum absolute atomic E-state index is 0.0402. The lowest BCUT2D eigenvalue weighted by molar-refractivity contribution is -0.763. The summed E-state index contributed by atoms with van der Waals surface area (Å²) in [5.41, 5.74) is 3.48. The number of aryl methyl sites for hydroxylation is 2. The Morgan fingerprint density at radius 1 is 0.817 bits per heavy atom. The van der Waals surface area contributed by atoms with E-state index >= 15 is 9.59 Å². The largest absolute Gasteiger partial charge is 0.513 e. The van der Waals surface area contributed by atoms with Crippen LogP contribution in [0.1, 0.15) is 85.3 Å². The van der Waals surface area contributed by atoms with Crippen LogP contribution in [-0.4, -0.2) is 100.0 Å². The van der Waals surface area contributed by atoms with Crippen molar-refractivity contribution in [1.29, 1.82) is 0 Å².